The van der Waals surface area contributed by atoms with E-state index in [1.807, 2.05) is 0 Å². The molecule has 0 aliphatic carbocycles. The lowest BCUT2D eigenvalue weighted by molar-refractivity contribution is 0.141. The molecule has 84 valence electrons. The van der Waals surface area contributed by atoms with E-state index in [4.69, 9.17) is 5.90 Å². The molecule has 3 nitrogen and oxygen atoms in total. The molecule has 0 spiro atoms. The van der Waals surface area contributed by atoms with Crippen LogP contribution in [0.25, 0.3) is 0 Å². The summed E-state index contributed by atoms with van der Waals surface area (Å²) < 4.78 is 31.4. The van der Waals surface area contributed by atoms with Crippen molar-refractivity contribution in [3.05, 3.63) is 34.9 Å². The van der Waals surface area contributed by atoms with E-state index in [0.717, 1.165) is 0 Å². The number of hydrogen-bond donors (Lipinski definition) is 1. The number of benzene rings is 1. The second kappa shape index (κ2) is 5.75. The maximum absolute atomic E-state index is 13.3. The Labute approximate surface area is 86.7 Å². The first-order valence-corrected chi connectivity index (χ1v) is 4.46. The SMILES string of the molecule is COCc1c(F)cc(CCON)cc1F. The summed E-state index contributed by atoms with van der Waals surface area (Å²) in [5, 5.41) is 0. The molecule has 0 heterocycles. The van der Waals surface area contributed by atoms with Crippen LogP contribution in [0.5, 0.6) is 0 Å². The highest BCUT2D eigenvalue weighted by molar-refractivity contribution is 5.26. The second-order valence-electron chi connectivity index (χ2n) is 3.09. The molecule has 0 saturated heterocycles. The van der Waals surface area contributed by atoms with Gasteiger partial charge in [-0.3, -0.25) is 0 Å². The van der Waals surface area contributed by atoms with Crippen LogP contribution in [0.3, 0.4) is 0 Å². The molecule has 1 aromatic carbocycles. The molecule has 5 heteroatoms. The van der Waals surface area contributed by atoms with E-state index in [2.05, 4.69) is 9.57 Å². The van der Waals surface area contributed by atoms with Gasteiger partial charge in [0.2, 0.25) is 0 Å². The summed E-state index contributed by atoms with van der Waals surface area (Å²) in [4.78, 5) is 4.33. The predicted octanol–water partition coefficient (Wildman–Crippen LogP) is 1.54. The van der Waals surface area contributed by atoms with Crippen LogP contribution in [0, 0.1) is 11.6 Å². The third-order valence-electron chi connectivity index (χ3n) is 2.00. The van der Waals surface area contributed by atoms with Crippen LogP contribution in [0.1, 0.15) is 11.1 Å². The molecule has 1 rings (SSSR count). The number of rotatable bonds is 5. The highest BCUT2D eigenvalue weighted by Gasteiger charge is 2.10. The summed E-state index contributed by atoms with van der Waals surface area (Å²) in [6.45, 7) is 0.147. The molecule has 0 unspecified atom stereocenters. The third-order valence-corrected chi connectivity index (χ3v) is 2.00. The molecule has 0 fully saturated rings. The Morgan fingerprint density at radius 3 is 2.33 bits per heavy atom. The van der Waals surface area contributed by atoms with Gasteiger partial charge in [-0.2, -0.15) is 0 Å². The van der Waals surface area contributed by atoms with Crippen LogP contribution >= 0.6 is 0 Å². The third kappa shape index (κ3) is 3.23. The molecule has 1 aromatic rings. The van der Waals surface area contributed by atoms with Crippen LogP contribution in [0.15, 0.2) is 12.1 Å². The molecule has 0 saturated carbocycles. The van der Waals surface area contributed by atoms with Crippen LogP contribution in [0.2, 0.25) is 0 Å². The van der Waals surface area contributed by atoms with E-state index in [1.54, 1.807) is 0 Å². The molecule has 0 radical (unpaired) electrons. The van der Waals surface area contributed by atoms with Crippen molar-refractivity contribution in [1.29, 1.82) is 0 Å². The molecular formula is C10H13F2NO2. The van der Waals surface area contributed by atoms with Crippen molar-refractivity contribution in [2.45, 2.75) is 13.0 Å². The van der Waals surface area contributed by atoms with Gasteiger partial charge in [-0.1, -0.05) is 0 Å². The smallest absolute Gasteiger partial charge is 0.131 e. The second-order valence-corrected chi connectivity index (χ2v) is 3.09. The minimum Gasteiger partial charge on any atom is -0.380 e. The van der Waals surface area contributed by atoms with E-state index >= 15 is 0 Å². The van der Waals surface area contributed by atoms with Gasteiger partial charge in [0, 0.05) is 12.7 Å². The van der Waals surface area contributed by atoms with E-state index in [9.17, 15) is 8.78 Å². The largest absolute Gasteiger partial charge is 0.380 e. The fourth-order valence-corrected chi connectivity index (χ4v) is 1.26. The minimum atomic E-state index is -0.608. The van der Waals surface area contributed by atoms with Crippen molar-refractivity contribution in [2.75, 3.05) is 13.7 Å². The summed E-state index contributed by atoms with van der Waals surface area (Å²) in [5.74, 6) is 3.61. The van der Waals surface area contributed by atoms with Crippen molar-refractivity contribution in [3.8, 4) is 0 Å². The fraction of sp³-hybridized carbons (Fsp3) is 0.400. The Morgan fingerprint density at radius 2 is 1.87 bits per heavy atom. The molecule has 0 bridgehead atoms. The quantitative estimate of drug-likeness (QED) is 0.761. The number of halogens is 2. The lowest BCUT2D eigenvalue weighted by atomic mass is 10.1. The molecule has 0 aliphatic heterocycles. The highest BCUT2D eigenvalue weighted by Crippen LogP contribution is 2.16. The van der Waals surface area contributed by atoms with Crippen molar-refractivity contribution >= 4 is 0 Å². The van der Waals surface area contributed by atoms with Crippen LogP contribution in [-0.4, -0.2) is 13.7 Å². The zero-order chi connectivity index (χ0) is 11.3. The van der Waals surface area contributed by atoms with Gasteiger partial charge < -0.3 is 9.57 Å². The number of nitrogens with two attached hydrogens (primary N) is 1. The topological polar surface area (TPSA) is 44.5 Å². The number of methoxy groups -OCH3 is 1. The molecule has 15 heavy (non-hydrogen) atoms. The predicted molar refractivity (Wildman–Crippen MR) is 50.9 cm³/mol. The molecule has 0 atom stereocenters. The Bertz CT molecular complexity index is 308. The zero-order valence-electron chi connectivity index (χ0n) is 8.43. The van der Waals surface area contributed by atoms with Crippen LogP contribution in [0.4, 0.5) is 8.78 Å². The Hall–Kier alpha value is -1.04. The zero-order valence-corrected chi connectivity index (χ0v) is 8.43. The van der Waals surface area contributed by atoms with E-state index in [-0.39, 0.29) is 18.8 Å². The number of ether oxygens (including phenoxy) is 1. The summed E-state index contributed by atoms with van der Waals surface area (Å²) in [5.41, 5.74) is 0.449. The van der Waals surface area contributed by atoms with Crippen molar-refractivity contribution < 1.29 is 18.4 Å². The van der Waals surface area contributed by atoms with Crippen molar-refractivity contribution in [1.82, 2.24) is 0 Å². The summed E-state index contributed by atoms with van der Waals surface area (Å²) in [6.07, 6.45) is 0.373. The number of hydrogen-bond acceptors (Lipinski definition) is 3. The molecular weight excluding hydrogens is 204 g/mol. The van der Waals surface area contributed by atoms with Gasteiger partial charge in [-0.05, 0) is 24.1 Å². The average Bonchev–Trinajstić information content (AvgIpc) is 2.20. The lowest BCUT2D eigenvalue weighted by Crippen LogP contribution is -2.06. The Balaban J connectivity index is 2.87. The van der Waals surface area contributed by atoms with Crippen molar-refractivity contribution in [3.63, 3.8) is 0 Å². The maximum atomic E-state index is 13.3. The standard InChI is InChI=1S/C10H13F2NO2/c1-14-6-8-9(11)4-7(2-3-15-13)5-10(8)12/h4-5H,2-3,6,13H2,1H3. The Morgan fingerprint density at radius 1 is 1.27 bits per heavy atom. The van der Waals surface area contributed by atoms with Crippen LogP contribution in [-0.2, 0) is 22.6 Å². The minimum absolute atomic E-state index is 0.0603. The first-order valence-electron chi connectivity index (χ1n) is 4.46. The van der Waals surface area contributed by atoms with Gasteiger partial charge in [0.05, 0.1) is 13.2 Å². The van der Waals surface area contributed by atoms with Gasteiger partial charge in [-0.25, -0.2) is 14.7 Å². The monoisotopic (exact) mass is 217 g/mol. The fourth-order valence-electron chi connectivity index (χ4n) is 1.26. The first-order chi connectivity index (χ1) is 7.19. The summed E-state index contributed by atoms with van der Waals surface area (Å²) in [7, 11) is 1.38. The molecule has 0 aliphatic rings. The average molecular weight is 217 g/mol. The maximum Gasteiger partial charge on any atom is 0.131 e. The summed E-state index contributed by atoms with van der Waals surface area (Å²) in [6, 6.07) is 2.52. The van der Waals surface area contributed by atoms with E-state index in [1.165, 1.54) is 19.2 Å². The van der Waals surface area contributed by atoms with Gasteiger partial charge in [0.1, 0.15) is 11.6 Å². The molecule has 0 amide bonds. The van der Waals surface area contributed by atoms with E-state index in [0.29, 0.717) is 12.0 Å². The van der Waals surface area contributed by atoms with Gasteiger partial charge in [0.25, 0.3) is 0 Å². The van der Waals surface area contributed by atoms with Gasteiger partial charge in [-0.15, -0.1) is 0 Å². The Kier molecular flexibility index (Phi) is 4.61. The lowest BCUT2D eigenvalue weighted by Gasteiger charge is -2.06. The summed E-state index contributed by atoms with van der Waals surface area (Å²) >= 11 is 0. The van der Waals surface area contributed by atoms with Crippen molar-refractivity contribution in [2.24, 2.45) is 5.90 Å². The molecule has 0 aromatic heterocycles. The first kappa shape index (κ1) is 12.0. The van der Waals surface area contributed by atoms with Gasteiger partial charge >= 0.3 is 0 Å². The highest BCUT2D eigenvalue weighted by atomic mass is 19.1. The normalized spacial score (nSPS) is 10.7. The van der Waals surface area contributed by atoms with Gasteiger partial charge in [0.15, 0.2) is 0 Å². The van der Waals surface area contributed by atoms with E-state index < -0.39 is 11.6 Å². The molecule has 2 N–H and O–H groups in total. The van der Waals surface area contributed by atoms with Crippen LogP contribution < -0.4 is 5.90 Å².